The molecule has 0 heterocycles. The number of nitrogens with zero attached hydrogens (tertiary/aromatic N) is 1. The van der Waals surface area contributed by atoms with Crippen LogP contribution in [0.15, 0.2) is 30.3 Å². The van der Waals surface area contributed by atoms with E-state index >= 15 is 0 Å². The van der Waals surface area contributed by atoms with Crippen LogP contribution in [0.2, 0.25) is 0 Å². The molecule has 19 heavy (non-hydrogen) atoms. The van der Waals surface area contributed by atoms with Gasteiger partial charge in [0, 0.05) is 19.1 Å². The average molecular weight is 264 g/mol. The van der Waals surface area contributed by atoms with Crippen molar-refractivity contribution in [3.63, 3.8) is 0 Å². The number of aliphatic hydroxyl groups excluding tert-OH is 1. The summed E-state index contributed by atoms with van der Waals surface area (Å²) in [5.41, 5.74) is 1.22. The zero-order chi connectivity index (χ0) is 14.1. The van der Waals surface area contributed by atoms with Crippen molar-refractivity contribution in [1.29, 1.82) is 0 Å². The summed E-state index contributed by atoms with van der Waals surface area (Å²) >= 11 is 0. The molecule has 1 aromatic carbocycles. The van der Waals surface area contributed by atoms with E-state index < -0.39 is 0 Å². The summed E-state index contributed by atoms with van der Waals surface area (Å²) in [6.07, 6.45) is 1.72. The number of urea groups is 1. The topological polar surface area (TPSA) is 52.6 Å². The molecule has 0 spiro atoms. The van der Waals surface area contributed by atoms with E-state index in [0.29, 0.717) is 13.1 Å². The van der Waals surface area contributed by atoms with Crippen LogP contribution in [-0.2, 0) is 6.42 Å². The van der Waals surface area contributed by atoms with Gasteiger partial charge in [-0.15, -0.1) is 0 Å². The summed E-state index contributed by atoms with van der Waals surface area (Å²) in [5, 5.41) is 11.9. The van der Waals surface area contributed by atoms with Crippen molar-refractivity contribution in [2.45, 2.75) is 32.7 Å². The minimum atomic E-state index is -0.0978. The van der Waals surface area contributed by atoms with Crippen molar-refractivity contribution in [3.8, 4) is 0 Å². The summed E-state index contributed by atoms with van der Waals surface area (Å²) < 4.78 is 0. The maximum atomic E-state index is 12.0. The number of rotatable bonds is 7. The van der Waals surface area contributed by atoms with Gasteiger partial charge < -0.3 is 15.3 Å². The monoisotopic (exact) mass is 264 g/mol. The van der Waals surface area contributed by atoms with Crippen LogP contribution in [0.5, 0.6) is 0 Å². The molecule has 0 aromatic heterocycles. The van der Waals surface area contributed by atoms with Crippen molar-refractivity contribution >= 4 is 6.03 Å². The second kappa shape index (κ2) is 8.53. The van der Waals surface area contributed by atoms with Gasteiger partial charge in [0.25, 0.3) is 0 Å². The second-order valence-corrected chi connectivity index (χ2v) is 4.55. The maximum absolute atomic E-state index is 12.0. The van der Waals surface area contributed by atoms with Crippen LogP contribution in [0, 0.1) is 0 Å². The fourth-order valence-electron chi connectivity index (χ4n) is 1.99. The van der Waals surface area contributed by atoms with E-state index in [9.17, 15) is 4.79 Å². The molecular weight excluding hydrogens is 240 g/mol. The van der Waals surface area contributed by atoms with E-state index in [4.69, 9.17) is 5.11 Å². The first-order valence-electron chi connectivity index (χ1n) is 6.91. The molecule has 0 aliphatic rings. The number of benzene rings is 1. The number of hydrogen-bond acceptors (Lipinski definition) is 2. The van der Waals surface area contributed by atoms with Gasteiger partial charge in [0.1, 0.15) is 0 Å². The lowest BCUT2D eigenvalue weighted by molar-refractivity contribution is 0.176. The van der Waals surface area contributed by atoms with Crippen molar-refractivity contribution in [3.05, 3.63) is 35.9 Å². The highest BCUT2D eigenvalue weighted by atomic mass is 16.3. The number of carbonyl (C=O) groups is 1. The van der Waals surface area contributed by atoms with Crippen LogP contribution < -0.4 is 5.32 Å². The minimum absolute atomic E-state index is 0.00324. The molecule has 0 saturated carbocycles. The van der Waals surface area contributed by atoms with E-state index in [1.807, 2.05) is 25.1 Å². The summed E-state index contributed by atoms with van der Waals surface area (Å²) in [4.78, 5) is 13.6. The Morgan fingerprint density at radius 3 is 2.53 bits per heavy atom. The Labute approximate surface area is 115 Å². The van der Waals surface area contributed by atoms with E-state index in [1.54, 1.807) is 4.90 Å². The van der Waals surface area contributed by atoms with E-state index in [2.05, 4.69) is 24.4 Å². The molecule has 4 heteroatoms. The number of aliphatic hydroxyl groups is 1. The largest absolute Gasteiger partial charge is 0.395 e. The van der Waals surface area contributed by atoms with Crippen LogP contribution in [0.25, 0.3) is 0 Å². The van der Waals surface area contributed by atoms with Gasteiger partial charge in [0.05, 0.1) is 6.61 Å². The third kappa shape index (κ3) is 5.30. The predicted octanol–water partition coefficient (Wildman–Crippen LogP) is 2.03. The van der Waals surface area contributed by atoms with Crippen molar-refractivity contribution in [1.82, 2.24) is 10.2 Å². The van der Waals surface area contributed by atoms with Gasteiger partial charge >= 0.3 is 6.03 Å². The molecule has 0 bridgehead atoms. The quantitative estimate of drug-likeness (QED) is 0.791. The Morgan fingerprint density at radius 1 is 1.32 bits per heavy atom. The van der Waals surface area contributed by atoms with Crippen molar-refractivity contribution in [2.24, 2.45) is 0 Å². The van der Waals surface area contributed by atoms with Crippen LogP contribution >= 0.6 is 0 Å². The molecule has 2 N–H and O–H groups in total. The lowest BCUT2D eigenvalue weighted by atomic mass is 10.0. The lowest BCUT2D eigenvalue weighted by Crippen LogP contribution is -2.46. The summed E-state index contributed by atoms with van der Waals surface area (Å²) in [6.45, 7) is 4.96. The average Bonchev–Trinajstić information content (AvgIpc) is 2.44. The van der Waals surface area contributed by atoms with Crippen LogP contribution in [0.4, 0.5) is 4.79 Å². The van der Waals surface area contributed by atoms with E-state index in [1.165, 1.54) is 5.56 Å². The first-order chi connectivity index (χ1) is 9.21. The molecule has 0 saturated heterocycles. The predicted molar refractivity (Wildman–Crippen MR) is 77.1 cm³/mol. The number of carbonyl (C=O) groups excluding carboxylic acids is 1. The molecule has 1 unspecified atom stereocenters. The maximum Gasteiger partial charge on any atom is 0.317 e. The van der Waals surface area contributed by atoms with Gasteiger partial charge in [0.15, 0.2) is 0 Å². The Hall–Kier alpha value is -1.55. The molecule has 0 aliphatic heterocycles. The number of nitrogens with one attached hydrogen (secondary N) is 1. The Kier molecular flexibility index (Phi) is 6.97. The van der Waals surface area contributed by atoms with Gasteiger partial charge in [-0.05, 0) is 25.3 Å². The van der Waals surface area contributed by atoms with Crippen molar-refractivity contribution in [2.75, 3.05) is 19.7 Å². The molecule has 4 nitrogen and oxygen atoms in total. The number of likely N-dealkylation sites (N-methyl/N-ethyl adjacent to an activating group) is 1. The van der Waals surface area contributed by atoms with Gasteiger partial charge in [0.2, 0.25) is 0 Å². The Morgan fingerprint density at radius 2 is 2.00 bits per heavy atom. The molecule has 1 rings (SSSR count). The zero-order valence-corrected chi connectivity index (χ0v) is 11.8. The lowest BCUT2D eigenvalue weighted by Gasteiger charge is -2.24. The third-order valence-corrected chi connectivity index (χ3v) is 3.18. The highest BCUT2D eigenvalue weighted by molar-refractivity contribution is 5.74. The van der Waals surface area contributed by atoms with Gasteiger partial charge in [-0.2, -0.15) is 0 Å². The van der Waals surface area contributed by atoms with Crippen LogP contribution in [0.1, 0.15) is 25.8 Å². The van der Waals surface area contributed by atoms with Gasteiger partial charge in [-0.3, -0.25) is 0 Å². The number of amides is 2. The molecular formula is C15H24N2O2. The third-order valence-electron chi connectivity index (χ3n) is 3.18. The van der Waals surface area contributed by atoms with Crippen molar-refractivity contribution < 1.29 is 9.90 Å². The highest BCUT2D eigenvalue weighted by Gasteiger charge is 2.15. The first-order valence-corrected chi connectivity index (χ1v) is 6.91. The van der Waals surface area contributed by atoms with Gasteiger partial charge in [-0.25, -0.2) is 4.79 Å². The fraction of sp³-hybridized carbons (Fsp3) is 0.533. The van der Waals surface area contributed by atoms with Gasteiger partial charge in [-0.1, -0.05) is 37.3 Å². The molecule has 0 radical (unpaired) electrons. The molecule has 0 fully saturated rings. The minimum Gasteiger partial charge on any atom is -0.395 e. The summed E-state index contributed by atoms with van der Waals surface area (Å²) in [5.74, 6) is 0. The SMILES string of the molecule is CCC(Cc1ccccc1)NC(=O)N(CC)CCO. The molecule has 2 amide bonds. The summed E-state index contributed by atoms with van der Waals surface area (Å²) in [6, 6.07) is 10.2. The fourth-order valence-corrected chi connectivity index (χ4v) is 1.99. The standard InChI is InChI=1S/C15H24N2O2/c1-3-14(12-13-8-6-5-7-9-13)16-15(19)17(4-2)10-11-18/h5-9,14,18H,3-4,10-12H2,1-2H3,(H,16,19). The van der Waals surface area contributed by atoms with Crippen LogP contribution in [0.3, 0.4) is 0 Å². The second-order valence-electron chi connectivity index (χ2n) is 4.55. The first kappa shape index (κ1) is 15.5. The molecule has 1 aromatic rings. The molecule has 1 atom stereocenters. The summed E-state index contributed by atoms with van der Waals surface area (Å²) in [7, 11) is 0. The molecule has 0 aliphatic carbocycles. The van der Waals surface area contributed by atoms with E-state index in [0.717, 1.165) is 12.8 Å². The Bertz CT molecular complexity index is 368. The molecule has 106 valence electrons. The van der Waals surface area contributed by atoms with Crippen LogP contribution in [-0.4, -0.2) is 41.8 Å². The van der Waals surface area contributed by atoms with E-state index in [-0.39, 0.29) is 18.7 Å². The smallest absolute Gasteiger partial charge is 0.317 e. The Balaban J connectivity index is 2.54. The zero-order valence-electron chi connectivity index (χ0n) is 11.8. The number of hydrogen-bond donors (Lipinski definition) is 2. The normalized spacial score (nSPS) is 11.9. The highest BCUT2D eigenvalue weighted by Crippen LogP contribution is 2.06.